The first-order valence-corrected chi connectivity index (χ1v) is 7.22. The molecule has 1 unspecified atom stereocenters. The first kappa shape index (κ1) is 13.9. The first-order valence-electron chi connectivity index (χ1n) is 7.22. The summed E-state index contributed by atoms with van der Waals surface area (Å²) in [6, 6.07) is 13.8. The molecule has 1 N–H and O–H groups in total. The molecule has 0 spiro atoms. The van der Waals surface area contributed by atoms with Gasteiger partial charge in [0, 0.05) is 19.1 Å². The van der Waals surface area contributed by atoms with Crippen molar-refractivity contribution in [2.75, 3.05) is 13.1 Å². The van der Waals surface area contributed by atoms with E-state index >= 15 is 0 Å². The van der Waals surface area contributed by atoms with Gasteiger partial charge in [0.25, 0.3) is 5.91 Å². The summed E-state index contributed by atoms with van der Waals surface area (Å²) in [6.45, 7) is 5.53. The van der Waals surface area contributed by atoms with E-state index in [2.05, 4.69) is 31.3 Å². The Morgan fingerprint density at radius 1 is 1.24 bits per heavy atom. The maximum absolute atomic E-state index is 12.7. The van der Waals surface area contributed by atoms with Gasteiger partial charge >= 0.3 is 0 Å². The highest BCUT2D eigenvalue weighted by atomic mass is 16.3. The van der Waals surface area contributed by atoms with E-state index in [-0.39, 0.29) is 17.5 Å². The highest BCUT2D eigenvalue weighted by Gasteiger charge is 2.38. The fourth-order valence-corrected chi connectivity index (χ4v) is 2.76. The number of carbonyl (C=O) groups is 1. The number of benzene rings is 1. The smallest absolute Gasteiger partial charge is 0.290 e. The van der Waals surface area contributed by atoms with Gasteiger partial charge in [-0.25, -0.2) is 0 Å². The van der Waals surface area contributed by atoms with E-state index in [4.69, 9.17) is 4.42 Å². The molecule has 4 nitrogen and oxygen atoms in total. The predicted octanol–water partition coefficient (Wildman–Crippen LogP) is 2.84. The zero-order chi connectivity index (χ0) is 14.9. The Morgan fingerprint density at radius 2 is 2.00 bits per heavy atom. The van der Waals surface area contributed by atoms with E-state index in [1.165, 1.54) is 11.8 Å². The lowest BCUT2D eigenvalue weighted by Crippen LogP contribution is -2.60. The summed E-state index contributed by atoms with van der Waals surface area (Å²) in [4.78, 5) is 14.6. The number of nitrogens with one attached hydrogen (secondary N) is 1. The number of carbonyl (C=O) groups excluding carboxylic acids is 1. The van der Waals surface area contributed by atoms with Crippen LogP contribution in [-0.2, 0) is 0 Å². The number of piperazine rings is 1. The molecule has 0 aliphatic carbocycles. The summed E-state index contributed by atoms with van der Waals surface area (Å²) in [5.74, 6) is 0.351. The molecule has 1 aromatic carbocycles. The van der Waals surface area contributed by atoms with E-state index in [0.717, 1.165) is 6.54 Å². The van der Waals surface area contributed by atoms with Crippen molar-refractivity contribution in [2.45, 2.75) is 25.4 Å². The van der Waals surface area contributed by atoms with Crippen LogP contribution in [0.5, 0.6) is 0 Å². The molecular formula is C17H20N2O2. The summed E-state index contributed by atoms with van der Waals surface area (Å²) < 4.78 is 5.27. The van der Waals surface area contributed by atoms with Crippen molar-refractivity contribution in [1.29, 1.82) is 0 Å². The SMILES string of the molecule is CC1(C)CNC(c2ccccc2)CN1C(=O)c1ccco1. The fraction of sp³-hybridized carbons (Fsp3) is 0.353. The number of nitrogens with zero attached hydrogens (tertiary/aromatic N) is 1. The molecule has 1 aliphatic heterocycles. The Morgan fingerprint density at radius 3 is 2.67 bits per heavy atom. The average molecular weight is 284 g/mol. The topological polar surface area (TPSA) is 45.5 Å². The number of hydrogen-bond donors (Lipinski definition) is 1. The van der Waals surface area contributed by atoms with E-state index < -0.39 is 0 Å². The molecule has 1 fully saturated rings. The molecule has 0 radical (unpaired) electrons. The summed E-state index contributed by atoms with van der Waals surface area (Å²) in [7, 11) is 0. The number of amides is 1. The molecule has 1 aliphatic rings. The molecule has 1 aromatic heterocycles. The Balaban J connectivity index is 1.85. The van der Waals surface area contributed by atoms with Crippen LogP contribution in [0.4, 0.5) is 0 Å². The zero-order valence-electron chi connectivity index (χ0n) is 12.4. The second-order valence-corrected chi connectivity index (χ2v) is 6.05. The Labute approximate surface area is 124 Å². The van der Waals surface area contributed by atoms with Gasteiger partial charge < -0.3 is 14.6 Å². The highest BCUT2D eigenvalue weighted by Crippen LogP contribution is 2.27. The van der Waals surface area contributed by atoms with Gasteiger partial charge in [0.2, 0.25) is 0 Å². The molecule has 1 saturated heterocycles. The third kappa shape index (κ3) is 2.72. The van der Waals surface area contributed by atoms with Crippen LogP contribution in [0.2, 0.25) is 0 Å². The Hall–Kier alpha value is -2.07. The van der Waals surface area contributed by atoms with Crippen LogP contribution < -0.4 is 5.32 Å². The Bertz CT molecular complexity index is 605. The lowest BCUT2D eigenvalue weighted by molar-refractivity contribution is 0.0365. The zero-order valence-corrected chi connectivity index (χ0v) is 12.4. The minimum absolute atomic E-state index is 0.0487. The monoisotopic (exact) mass is 284 g/mol. The Kier molecular flexibility index (Phi) is 3.55. The van der Waals surface area contributed by atoms with Crippen LogP contribution in [-0.4, -0.2) is 29.4 Å². The van der Waals surface area contributed by atoms with Gasteiger partial charge in [-0.15, -0.1) is 0 Å². The molecule has 2 heterocycles. The third-order valence-electron chi connectivity index (χ3n) is 4.06. The van der Waals surface area contributed by atoms with E-state index in [1.807, 2.05) is 23.1 Å². The van der Waals surface area contributed by atoms with E-state index in [0.29, 0.717) is 12.3 Å². The lowest BCUT2D eigenvalue weighted by Gasteiger charge is -2.45. The van der Waals surface area contributed by atoms with Crippen molar-refractivity contribution in [3.8, 4) is 0 Å². The lowest BCUT2D eigenvalue weighted by atomic mass is 9.94. The van der Waals surface area contributed by atoms with Gasteiger partial charge in [0.1, 0.15) is 0 Å². The molecule has 110 valence electrons. The molecular weight excluding hydrogens is 264 g/mol. The van der Waals surface area contributed by atoms with Crippen molar-refractivity contribution in [3.05, 3.63) is 60.1 Å². The number of hydrogen-bond acceptors (Lipinski definition) is 3. The van der Waals surface area contributed by atoms with Crippen LogP contribution >= 0.6 is 0 Å². The fourth-order valence-electron chi connectivity index (χ4n) is 2.76. The van der Waals surface area contributed by atoms with Crippen molar-refractivity contribution < 1.29 is 9.21 Å². The van der Waals surface area contributed by atoms with Crippen LogP contribution in [0.15, 0.2) is 53.1 Å². The van der Waals surface area contributed by atoms with Gasteiger partial charge in [-0.05, 0) is 31.5 Å². The van der Waals surface area contributed by atoms with Crippen molar-refractivity contribution in [2.24, 2.45) is 0 Å². The molecule has 3 rings (SSSR count). The predicted molar refractivity (Wildman–Crippen MR) is 81.0 cm³/mol. The molecule has 21 heavy (non-hydrogen) atoms. The standard InChI is InChI=1S/C17H20N2O2/c1-17(2)12-18-14(13-7-4-3-5-8-13)11-19(17)16(20)15-9-6-10-21-15/h3-10,14,18H,11-12H2,1-2H3. The maximum atomic E-state index is 12.7. The molecule has 0 bridgehead atoms. The second-order valence-electron chi connectivity index (χ2n) is 6.05. The van der Waals surface area contributed by atoms with Crippen molar-refractivity contribution in [1.82, 2.24) is 10.2 Å². The van der Waals surface area contributed by atoms with Gasteiger partial charge in [0.15, 0.2) is 5.76 Å². The quantitative estimate of drug-likeness (QED) is 0.922. The van der Waals surface area contributed by atoms with Crippen LogP contribution in [0, 0.1) is 0 Å². The van der Waals surface area contributed by atoms with Crippen LogP contribution in [0.3, 0.4) is 0 Å². The minimum Gasteiger partial charge on any atom is -0.459 e. The normalized spacial score (nSPS) is 21.2. The summed E-state index contributed by atoms with van der Waals surface area (Å²) in [5, 5.41) is 3.53. The number of furan rings is 1. The van der Waals surface area contributed by atoms with Gasteiger partial charge in [-0.3, -0.25) is 4.79 Å². The van der Waals surface area contributed by atoms with Crippen LogP contribution in [0.1, 0.15) is 36.0 Å². The molecule has 1 atom stereocenters. The molecule has 0 saturated carbocycles. The van der Waals surface area contributed by atoms with Crippen molar-refractivity contribution in [3.63, 3.8) is 0 Å². The number of rotatable bonds is 2. The second kappa shape index (κ2) is 5.37. The van der Waals surface area contributed by atoms with Gasteiger partial charge in [-0.2, -0.15) is 0 Å². The largest absolute Gasteiger partial charge is 0.459 e. The molecule has 4 heteroatoms. The van der Waals surface area contributed by atoms with Gasteiger partial charge in [0.05, 0.1) is 11.8 Å². The molecule has 2 aromatic rings. The summed E-state index contributed by atoms with van der Waals surface area (Å²) in [5.41, 5.74) is 0.958. The van der Waals surface area contributed by atoms with Gasteiger partial charge in [-0.1, -0.05) is 30.3 Å². The maximum Gasteiger partial charge on any atom is 0.290 e. The van der Waals surface area contributed by atoms with E-state index in [1.54, 1.807) is 12.1 Å². The summed E-state index contributed by atoms with van der Waals surface area (Å²) in [6.07, 6.45) is 1.54. The van der Waals surface area contributed by atoms with Crippen LogP contribution in [0.25, 0.3) is 0 Å². The molecule has 1 amide bonds. The summed E-state index contributed by atoms with van der Waals surface area (Å²) >= 11 is 0. The van der Waals surface area contributed by atoms with Crippen molar-refractivity contribution >= 4 is 5.91 Å². The highest BCUT2D eigenvalue weighted by molar-refractivity contribution is 5.92. The first-order chi connectivity index (χ1) is 10.1. The average Bonchev–Trinajstić information content (AvgIpc) is 3.01. The van der Waals surface area contributed by atoms with E-state index in [9.17, 15) is 4.79 Å². The minimum atomic E-state index is -0.241. The third-order valence-corrected chi connectivity index (χ3v) is 4.06.